The lowest BCUT2D eigenvalue weighted by Gasteiger charge is -2.11. The first kappa shape index (κ1) is 16.2. The van der Waals surface area contributed by atoms with Crippen LogP contribution in [-0.2, 0) is 14.8 Å². The molecule has 0 unspecified atom stereocenters. The summed E-state index contributed by atoms with van der Waals surface area (Å²) in [7, 11) is -4.37. The van der Waals surface area contributed by atoms with Crippen LogP contribution in [0.25, 0.3) is 0 Å². The molecule has 10 heteroatoms. The van der Waals surface area contributed by atoms with Crippen molar-refractivity contribution in [2.75, 3.05) is 6.54 Å². The normalized spacial score (nSPS) is 11.6. The Hall–Kier alpha value is -1.81. The van der Waals surface area contributed by atoms with Crippen LogP contribution in [0.5, 0.6) is 5.75 Å². The number of carbonyl (C=O) groups is 1. The zero-order valence-corrected chi connectivity index (χ0v) is 10.7. The molecule has 2 N–H and O–H groups in total. The minimum atomic E-state index is -4.37. The van der Waals surface area contributed by atoms with Gasteiger partial charge in [0, 0.05) is 6.54 Å². The van der Waals surface area contributed by atoms with Crippen molar-refractivity contribution in [3.8, 4) is 5.75 Å². The Morgan fingerprint density at radius 1 is 1.40 bits per heavy atom. The molecule has 0 fully saturated rings. The minimum Gasteiger partial charge on any atom is -0.481 e. The lowest BCUT2D eigenvalue weighted by atomic mass is 10.3. The molecule has 0 amide bonds. The Balaban J connectivity index is 3.02. The van der Waals surface area contributed by atoms with Gasteiger partial charge in [-0.3, -0.25) is 4.79 Å². The van der Waals surface area contributed by atoms with Gasteiger partial charge in [0.05, 0.1) is 6.42 Å². The van der Waals surface area contributed by atoms with E-state index in [-0.39, 0.29) is 0 Å². The van der Waals surface area contributed by atoms with Crippen LogP contribution in [-0.4, -0.2) is 32.6 Å². The van der Waals surface area contributed by atoms with Crippen molar-refractivity contribution in [3.63, 3.8) is 0 Å². The molecule has 1 aromatic rings. The van der Waals surface area contributed by atoms with E-state index < -0.39 is 52.0 Å². The van der Waals surface area contributed by atoms with Gasteiger partial charge in [0.1, 0.15) is 16.5 Å². The van der Waals surface area contributed by atoms with Gasteiger partial charge in [-0.2, -0.15) is 8.78 Å². The van der Waals surface area contributed by atoms with Crippen LogP contribution in [0.2, 0.25) is 0 Å². The van der Waals surface area contributed by atoms with E-state index in [1.165, 1.54) is 0 Å². The first-order valence-electron chi connectivity index (χ1n) is 5.18. The number of alkyl halides is 2. The van der Waals surface area contributed by atoms with E-state index in [1.54, 1.807) is 0 Å². The highest BCUT2D eigenvalue weighted by molar-refractivity contribution is 7.89. The summed E-state index contributed by atoms with van der Waals surface area (Å²) >= 11 is 0. The molecule has 0 radical (unpaired) electrons. The Morgan fingerprint density at radius 2 is 2.05 bits per heavy atom. The molecule has 20 heavy (non-hydrogen) atoms. The maximum Gasteiger partial charge on any atom is 0.387 e. The number of rotatable bonds is 7. The summed E-state index contributed by atoms with van der Waals surface area (Å²) in [5.41, 5.74) is 0. The van der Waals surface area contributed by atoms with E-state index in [1.807, 2.05) is 4.72 Å². The van der Waals surface area contributed by atoms with E-state index in [4.69, 9.17) is 5.11 Å². The van der Waals surface area contributed by atoms with E-state index in [2.05, 4.69) is 4.74 Å². The Morgan fingerprint density at radius 3 is 2.60 bits per heavy atom. The van der Waals surface area contributed by atoms with Crippen molar-refractivity contribution in [2.24, 2.45) is 0 Å². The highest BCUT2D eigenvalue weighted by Crippen LogP contribution is 2.26. The second-order valence-corrected chi connectivity index (χ2v) is 5.25. The molecule has 0 aromatic heterocycles. The number of aliphatic carboxylic acids is 1. The number of benzene rings is 1. The highest BCUT2D eigenvalue weighted by Gasteiger charge is 2.22. The molecule has 0 atom stereocenters. The van der Waals surface area contributed by atoms with Crippen LogP contribution in [0.4, 0.5) is 13.2 Å². The smallest absolute Gasteiger partial charge is 0.387 e. The van der Waals surface area contributed by atoms with E-state index >= 15 is 0 Å². The first-order chi connectivity index (χ1) is 9.22. The van der Waals surface area contributed by atoms with Gasteiger partial charge in [-0.15, -0.1) is 0 Å². The number of nitrogens with one attached hydrogen (secondary N) is 1. The summed E-state index contributed by atoms with van der Waals surface area (Å²) in [5, 5.41) is 8.38. The van der Waals surface area contributed by atoms with Crippen LogP contribution in [0.3, 0.4) is 0 Å². The van der Waals surface area contributed by atoms with Gasteiger partial charge in [-0.05, 0) is 18.2 Å². The maximum absolute atomic E-state index is 13.0. The molecule has 112 valence electrons. The van der Waals surface area contributed by atoms with Crippen LogP contribution in [0.15, 0.2) is 23.1 Å². The molecule has 0 saturated heterocycles. The van der Waals surface area contributed by atoms with Gasteiger partial charge >= 0.3 is 12.6 Å². The molecular formula is C10H10F3NO5S. The summed E-state index contributed by atoms with van der Waals surface area (Å²) in [6.45, 7) is -3.75. The predicted molar refractivity (Wildman–Crippen MR) is 60.5 cm³/mol. The second-order valence-electron chi connectivity index (χ2n) is 3.51. The number of carboxylic acids is 1. The van der Waals surface area contributed by atoms with Crippen molar-refractivity contribution in [2.45, 2.75) is 17.9 Å². The van der Waals surface area contributed by atoms with Crippen LogP contribution >= 0.6 is 0 Å². The molecule has 1 rings (SSSR count). The summed E-state index contributed by atoms with van der Waals surface area (Å²) in [6, 6.07) is 2.00. The van der Waals surface area contributed by atoms with E-state index in [0.717, 1.165) is 12.1 Å². The molecule has 0 aliphatic heterocycles. The fourth-order valence-corrected chi connectivity index (χ4v) is 2.43. The maximum atomic E-state index is 13.0. The lowest BCUT2D eigenvalue weighted by Crippen LogP contribution is -2.27. The Labute approximate surface area is 112 Å². The monoisotopic (exact) mass is 313 g/mol. The lowest BCUT2D eigenvalue weighted by molar-refractivity contribution is -0.136. The third-order valence-corrected chi connectivity index (χ3v) is 3.52. The van der Waals surface area contributed by atoms with Crippen molar-refractivity contribution >= 4 is 16.0 Å². The van der Waals surface area contributed by atoms with Gasteiger partial charge in [0.25, 0.3) is 0 Å². The van der Waals surface area contributed by atoms with Crippen molar-refractivity contribution in [3.05, 3.63) is 24.0 Å². The molecule has 1 aromatic carbocycles. The second kappa shape index (κ2) is 6.57. The zero-order valence-electron chi connectivity index (χ0n) is 9.85. The third-order valence-electron chi connectivity index (χ3n) is 2.04. The summed E-state index contributed by atoms with van der Waals surface area (Å²) in [5.74, 6) is -2.95. The Kier molecular flexibility index (Phi) is 5.34. The average molecular weight is 313 g/mol. The minimum absolute atomic E-state index is 0.470. The van der Waals surface area contributed by atoms with Gasteiger partial charge in [0.15, 0.2) is 0 Å². The fraction of sp³-hybridized carbons (Fsp3) is 0.300. The standard InChI is InChI=1S/C10H10F3NO5S/c11-6-1-2-7(19-10(12)13)8(5-6)20(17,18)14-4-3-9(15)16/h1-2,5,10,14H,3-4H2,(H,15,16). The zero-order chi connectivity index (χ0) is 15.3. The van der Waals surface area contributed by atoms with E-state index in [0.29, 0.717) is 6.07 Å². The number of carboxylic acid groups (broad SMARTS) is 1. The predicted octanol–water partition coefficient (Wildman–Crippen LogP) is 1.18. The van der Waals surface area contributed by atoms with Crippen molar-refractivity contribution in [1.29, 1.82) is 0 Å². The third kappa shape index (κ3) is 4.70. The van der Waals surface area contributed by atoms with Gasteiger partial charge in [0.2, 0.25) is 10.0 Å². The average Bonchev–Trinajstić information content (AvgIpc) is 2.30. The van der Waals surface area contributed by atoms with Crippen LogP contribution in [0.1, 0.15) is 6.42 Å². The van der Waals surface area contributed by atoms with Gasteiger partial charge in [-0.25, -0.2) is 17.5 Å². The molecule has 0 spiro atoms. The highest BCUT2D eigenvalue weighted by atomic mass is 32.2. The molecule has 0 aliphatic rings. The fourth-order valence-electron chi connectivity index (χ4n) is 1.26. The number of sulfonamides is 1. The summed E-state index contributed by atoms with van der Waals surface area (Å²) in [4.78, 5) is 9.44. The molecule has 0 saturated carbocycles. The molecular weight excluding hydrogens is 303 g/mol. The van der Waals surface area contributed by atoms with Crippen LogP contribution in [0, 0.1) is 5.82 Å². The van der Waals surface area contributed by atoms with Crippen molar-refractivity contribution < 1.29 is 36.2 Å². The van der Waals surface area contributed by atoms with Crippen LogP contribution < -0.4 is 9.46 Å². The largest absolute Gasteiger partial charge is 0.481 e. The van der Waals surface area contributed by atoms with E-state index in [9.17, 15) is 26.4 Å². The topological polar surface area (TPSA) is 92.7 Å². The molecule has 0 aliphatic carbocycles. The Bertz CT molecular complexity index is 591. The quantitative estimate of drug-likeness (QED) is 0.788. The first-order valence-corrected chi connectivity index (χ1v) is 6.66. The number of ether oxygens (including phenoxy) is 1. The number of hydrogen-bond donors (Lipinski definition) is 2. The molecule has 0 bridgehead atoms. The number of halogens is 3. The summed E-state index contributed by atoms with van der Waals surface area (Å²) < 4.78 is 66.7. The SMILES string of the molecule is O=C(O)CCNS(=O)(=O)c1cc(F)ccc1OC(F)F. The molecule has 0 heterocycles. The van der Waals surface area contributed by atoms with Gasteiger partial charge in [-0.1, -0.05) is 0 Å². The van der Waals surface area contributed by atoms with Crippen molar-refractivity contribution in [1.82, 2.24) is 4.72 Å². The number of hydrogen-bond acceptors (Lipinski definition) is 4. The summed E-state index contributed by atoms with van der Waals surface area (Å²) in [6.07, 6.45) is -0.514. The van der Waals surface area contributed by atoms with Gasteiger partial charge < -0.3 is 9.84 Å². The molecule has 6 nitrogen and oxygen atoms in total.